The van der Waals surface area contributed by atoms with Crippen molar-refractivity contribution in [2.45, 2.75) is 18.5 Å². The summed E-state index contributed by atoms with van der Waals surface area (Å²) >= 11 is 0. The number of aliphatic hydroxyl groups excluding tert-OH is 1. The molecule has 0 aromatic heterocycles. The Morgan fingerprint density at radius 1 is 1.40 bits per heavy atom. The van der Waals surface area contributed by atoms with Gasteiger partial charge >= 0.3 is 10.0 Å². The van der Waals surface area contributed by atoms with Gasteiger partial charge in [0.05, 0.1) is 19.8 Å². The van der Waals surface area contributed by atoms with Crippen molar-refractivity contribution >= 4 is 10.0 Å². The number of ether oxygens (including phenoxy) is 3. The van der Waals surface area contributed by atoms with Crippen LogP contribution in [0, 0.1) is 0 Å². The minimum Gasteiger partial charge on any atom is -0.402 e. The molecule has 2 saturated heterocycles. The van der Waals surface area contributed by atoms with E-state index in [-0.39, 0.29) is 25.1 Å². The van der Waals surface area contributed by atoms with Crippen molar-refractivity contribution in [3.05, 3.63) is 0 Å². The maximum atomic E-state index is 8.52. The van der Waals surface area contributed by atoms with Crippen molar-refractivity contribution in [3.8, 4) is 0 Å². The van der Waals surface area contributed by atoms with Gasteiger partial charge < -0.3 is 28.2 Å². The summed E-state index contributed by atoms with van der Waals surface area (Å²) in [5, 5.41) is 8.52. The van der Waals surface area contributed by atoms with Crippen LogP contribution in [0.4, 0.5) is 0 Å². The zero-order valence-corrected chi connectivity index (χ0v) is 10.5. The van der Waals surface area contributed by atoms with Crippen LogP contribution in [0.5, 0.6) is 0 Å². The molecule has 0 aliphatic carbocycles. The number of epoxide rings is 2. The Bertz CT molecular complexity index is 163. The lowest BCUT2D eigenvalue weighted by Crippen LogP contribution is -2.08. The van der Waals surface area contributed by atoms with Crippen molar-refractivity contribution in [2.24, 2.45) is 0 Å². The fourth-order valence-electron chi connectivity index (χ4n) is 0.887. The van der Waals surface area contributed by atoms with Crippen molar-refractivity contribution in [1.29, 1.82) is 0 Å². The van der Waals surface area contributed by atoms with Crippen LogP contribution in [0.15, 0.2) is 0 Å². The molecule has 1 N–H and O–H groups in total. The second-order valence-corrected chi connectivity index (χ2v) is 4.60. The predicted molar refractivity (Wildman–Crippen MR) is 54.0 cm³/mol. The first-order valence-electron chi connectivity index (χ1n) is 4.79. The second-order valence-electron chi connectivity index (χ2n) is 3.21. The van der Waals surface area contributed by atoms with Crippen LogP contribution in [0.1, 0.15) is 0 Å². The lowest BCUT2D eigenvalue weighted by atomic mass is 10.5. The van der Waals surface area contributed by atoms with E-state index >= 15 is 0 Å². The van der Waals surface area contributed by atoms with Crippen LogP contribution in [-0.2, 0) is 23.1 Å². The van der Waals surface area contributed by atoms with Crippen molar-refractivity contribution in [2.75, 3.05) is 34.0 Å². The molecule has 2 fully saturated rings. The number of hydrogen-bond donors (Lipinski definition) is 1. The van der Waals surface area contributed by atoms with Gasteiger partial charge in [-0.2, -0.15) is 0 Å². The quantitative estimate of drug-likeness (QED) is 0.444. The van der Waals surface area contributed by atoms with Gasteiger partial charge in [0.1, 0.15) is 12.2 Å². The van der Waals surface area contributed by atoms with E-state index in [0.29, 0.717) is 6.61 Å². The molecule has 2 heterocycles. The van der Waals surface area contributed by atoms with E-state index in [1.54, 1.807) is 14.2 Å². The SMILES string of the molecule is CO[SiH2]OC.OCC1OC1OCC1CO1. The summed E-state index contributed by atoms with van der Waals surface area (Å²) in [7, 11) is 2.73. The highest BCUT2D eigenvalue weighted by Gasteiger charge is 2.40. The molecule has 0 radical (unpaired) electrons. The molecular formula is C8H18O6Si. The Morgan fingerprint density at radius 2 is 2.07 bits per heavy atom. The van der Waals surface area contributed by atoms with Gasteiger partial charge in [0.25, 0.3) is 0 Å². The topological polar surface area (TPSA) is 73.0 Å². The van der Waals surface area contributed by atoms with Crippen LogP contribution in [0.25, 0.3) is 0 Å². The molecule has 2 aliphatic heterocycles. The monoisotopic (exact) mass is 238 g/mol. The Labute approximate surface area is 91.5 Å². The summed E-state index contributed by atoms with van der Waals surface area (Å²) in [6.45, 7) is 1.45. The van der Waals surface area contributed by atoms with Crippen LogP contribution >= 0.6 is 0 Å². The Kier molecular flexibility index (Phi) is 6.33. The second kappa shape index (κ2) is 7.28. The first-order chi connectivity index (χ1) is 7.31. The van der Waals surface area contributed by atoms with E-state index in [0.717, 1.165) is 6.61 Å². The summed E-state index contributed by atoms with van der Waals surface area (Å²) < 4.78 is 24.2. The Morgan fingerprint density at radius 3 is 2.40 bits per heavy atom. The molecule has 0 saturated carbocycles. The fourth-order valence-corrected chi connectivity index (χ4v) is 1.12. The van der Waals surface area contributed by atoms with Gasteiger partial charge in [-0.1, -0.05) is 0 Å². The molecule has 2 rings (SSSR count). The van der Waals surface area contributed by atoms with Gasteiger partial charge in [0, 0.05) is 14.2 Å². The van der Waals surface area contributed by atoms with Gasteiger partial charge in [-0.3, -0.25) is 0 Å². The third-order valence-corrected chi connectivity index (χ3v) is 2.27. The summed E-state index contributed by atoms with van der Waals surface area (Å²) in [5.74, 6) is 0. The zero-order valence-electron chi connectivity index (χ0n) is 9.05. The minimum absolute atomic E-state index is 0.0518. The van der Waals surface area contributed by atoms with E-state index in [9.17, 15) is 0 Å². The van der Waals surface area contributed by atoms with Crippen LogP contribution in [0.2, 0.25) is 0 Å². The average molecular weight is 238 g/mol. The smallest absolute Gasteiger partial charge is 0.303 e. The van der Waals surface area contributed by atoms with E-state index in [1.165, 1.54) is 0 Å². The van der Waals surface area contributed by atoms with Crippen molar-refractivity contribution in [1.82, 2.24) is 0 Å². The molecule has 0 aromatic carbocycles. The third-order valence-electron chi connectivity index (χ3n) is 1.80. The van der Waals surface area contributed by atoms with E-state index in [1.807, 2.05) is 0 Å². The highest BCUT2D eigenvalue weighted by atomic mass is 28.3. The van der Waals surface area contributed by atoms with Crippen LogP contribution < -0.4 is 0 Å². The van der Waals surface area contributed by atoms with E-state index in [2.05, 4.69) is 8.85 Å². The summed E-state index contributed by atoms with van der Waals surface area (Å²) in [6.07, 6.45) is 0.0245. The van der Waals surface area contributed by atoms with Gasteiger partial charge in [0.15, 0.2) is 6.29 Å². The van der Waals surface area contributed by atoms with Gasteiger partial charge in [-0.05, 0) is 0 Å². The fraction of sp³-hybridized carbons (Fsp3) is 1.00. The largest absolute Gasteiger partial charge is 0.402 e. The molecule has 15 heavy (non-hydrogen) atoms. The summed E-state index contributed by atoms with van der Waals surface area (Å²) in [5.41, 5.74) is 0. The Balaban J connectivity index is 0.000000195. The molecule has 90 valence electrons. The summed E-state index contributed by atoms with van der Waals surface area (Å²) in [6, 6.07) is 0. The molecule has 7 heteroatoms. The average Bonchev–Trinajstić information content (AvgIpc) is 3.13. The predicted octanol–water partition coefficient (Wildman–Crippen LogP) is -1.60. The minimum atomic E-state index is -0.568. The molecule has 3 atom stereocenters. The maximum Gasteiger partial charge on any atom is 0.303 e. The molecular weight excluding hydrogens is 220 g/mol. The number of aliphatic hydroxyl groups is 1. The highest BCUT2D eigenvalue weighted by molar-refractivity contribution is 6.17. The number of rotatable bonds is 6. The molecule has 3 unspecified atom stereocenters. The van der Waals surface area contributed by atoms with Gasteiger partial charge in [-0.25, -0.2) is 0 Å². The molecule has 0 bridgehead atoms. The maximum absolute atomic E-state index is 8.52. The van der Waals surface area contributed by atoms with Crippen molar-refractivity contribution < 1.29 is 28.2 Å². The Hall–Kier alpha value is -0.0231. The first-order valence-corrected chi connectivity index (χ1v) is 5.94. The van der Waals surface area contributed by atoms with E-state index in [4.69, 9.17) is 19.3 Å². The van der Waals surface area contributed by atoms with E-state index < -0.39 is 10.0 Å². The lowest BCUT2D eigenvalue weighted by molar-refractivity contribution is 0.0405. The summed E-state index contributed by atoms with van der Waals surface area (Å²) in [4.78, 5) is 0. The lowest BCUT2D eigenvalue weighted by Gasteiger charge is -1.93. The third kappa shape index (κ3) is 6.20. The van der Waals surface area contributed by atoms with Crippen molar-refractivity contribution in [3.63, 3.8) is 0 Å². The van der Waals surface area contributed by atoms with Crippen LogP contribution in [0.3, 0.4) is 0 Å². The van der Waals surface area contributed by atoms with Gasteiger partial charge in [-0.15, -0.1) is 0 Å². The molecule has 0 spiro atoms. The highest BCUT2D eigenvalue weighted by Crippen LogP contribution is 2.23. The standard InChI is InChI=1S/C6H10O4.C2H8O2Si/c7-1-5-6(10-5)9-3-4-2-8-4;1-3-5-4-2/h4-7H,1-3H2;5H2,1-2H3. The first kappa shape index (κ1) is 13.0. The molecule has 6 nitrogen and oxygen atoms in total. The zero-order chi connectivity index (χ0) is 11.1. The normalized spacial score (nSPS) is 31.8. The number of hydrogen-bond acceptors (Lipinski definition) is 6. The molecule has 0 amide bonds. The van der Waals surface area contributed by atoms with Crippen LogP contribution in [-0.4, -0.2) is 67.7 Å². The van der Waals surface area contributed by atoms with Gasteiger partial charge in [0.2, 0.25) is 0 Å². The molecule has 2 aliphatic rings. The molecule has 0 aromatic rings.